The molecular weight excluding hydrogens is 945 g/mol. The summed E-state index contributed by atoms with van der Waals surface area (Å²) in [7, 11) is -0.848. The molecule has 1 aliphatic heterocycles. The molecular formula is C48H62BF2N8O13+. The molecule has 1 aliphatic rings. The molecule has 0 aliphatic carbocycles. The molecule has 0 unspecified atom stereocenters. The number of urea groups is 1. The summed E-state index contributed by atoms with van der Waals surface area (Å²) in [5.41, 5.74) is 3.91. The number of hydrogen-bond donors (Lipinski definition) is 9. The van der Waals surface area contributed by atoms with E-state index in [1.165, 1.54) is 0 Å². The summed E-state index contributed by atoms with van der Waals surface area (Å²) in [5, 5.41) is 39.7. The van der Waals surface area contributed by atoms with Crippen LogP contribution in [0.5, 0.6) is 5.75 Å². The predicted octanol–water partition coefficient (Wildman–Crippen LogP) is 3.42. The van der Waals surface area contributed by atoms with Gasteiger partial charge in [-0.1, -0.05) is 24.6 Å². The molecule has 0 spiro atoms. The molecule has 1 aromatic carbocycles. The van der Waals surface area contributed by atoms with Crippen LogP contribution < -0.4 is 31.3 Å². The number of H-pyrrole nitrogens is 1. The summed E-state index contributed by atoms with van der Waals surface area (Å²) in [6.07, 6.45) is 12.8. The number of ether oxygens (including phenoxy) is 3. The van der Waals surface area contributed by atoms with Gasteiger partial charge in [-0.25, -0.2) is 27.5 Å². The third-order valence-corrected chi connectivity index (χ3v) is 10.9. The Balaban J connectivity index is 0.961. The van der Waals surface area contributed by atoms with Gasteiger partial charge in [-0.2, -0.15) is 0 Å². The standard InChI is InChI=1S/C48H61BF2N8O13/c1-58-34(15-16-35(58)30-36-17-21-41(59(36)49(50)51)38-9-7-25-52-38)14-11-33-12-18-37(19-13-33)72-32-44(62)54-23-5-2-3-10-42(60)55-26-27-70-28-29-71-31-43(61)53-24-6-4-8-39(46(65)66)56-48(69)57-40(47(67)68)20-22-45(63)64/h7,9,11-19,21,25,30,39-40H,2-6,8,10,20,22-24,26-29,31-32H2,1H3,(H8,53,54,55,56,57,60,61,62,63,64,65,66,67,68,69)/p+1/b14-11-,36-30-/t39-,40-/m0/s1. The Morgan fingerprint density at radius 2 is 1.36 bits per heavy atom. The number of nitrogens with zero attached hydrogens (tertiary/aromatic N) is 2. The summed E-state index contributed by atoms with van der Waals surface area (Å²) >= 11 is 0. The second-order valence-electron chi connectivity index (χ2n) is 16.3. The number of carboxylic acid groups (broad SMARTS) is 3. The molecule has 72 heavy (non-hydrogen) atoms. The lowest BCUT2D eigenvalue weighted by molar-refractivity contribution is -0.340. The van der Waals surface area contributed by atoms with Crippen molar-refractivity contribution in [2.45, 2.75) is 69.9 Å². The van der Waals surface area contributed by atoms with Crippen LogP contribution in [0.15, 0.2) is 72.6 Å². The van der Waals surface area contributed by atoms with Crippen LogP contribution in [0.4, 0.5) is 13.4 Å². The SMILES string of the molecule is Cn1c(/C=C\c2ccc(OCC(=O)NCCCCCC(=O)NCCOCCOCC(=O)NCCCC[C@H](NC(=O)N[C@@H](CCC(=O)O)C(=O)O)C(=O)O)cc2)ccc1/C=C1/C=CC(c2ccc[nH]2)=[N+]1B(F)F. The van der Waals surface area contributed by atoms with E-state index in [9.17, 15) is 47.3 Å². The van der Waals surface area contributed by atoms with Crippen LogP contribution in [0, 0.1) is 0 Å². The lowest BCUT2D eigenvalue weighted by Crippen LogP contribution is -2.51. The van der Waals surface area contributed by atoms with E-state index in [4.69, 9.17) is 24.4 Å². The van der Waals surface area contributed by atoms with E-state index in [-0.39, 0.29) is 64.2 Å². The molecule has 0 bridgehead atoms. The van der Waals surface area contributed by atoms with Gasteiger partial charge in [-0.05, 0) is 86.6 Å². The number of benzene rings is 1. The van der Waals surface area contributed by atoms with Crippen LogP contribution in [-0.4, -0.2) is 149 Å². The summed E-state index contributed by atoms with van der Waals surface area (Å²) in [6.45, 7) is 1.12. The maximum Gasteiger partial charge on any atom is 0.935 e. The number of aromatic nitrogens is 2. The molecule has 2 aromatic heterocycles. The quantitative estimate of drug-likeness (QED) is 0.0307. The third-order valence-electron chi connectivity index (χ3n) is 10.9. The number of allylic oxidation sites excluding steroid dienone is 2. The smallest absolute Gasteiger partial charge is 0.484 e. The third kappa shape index (κ3) is 20.8. The molecule has 2 atom stereocenters. The minimum absolute atomic E-state index is 0.00806. The van der Waals surface area contributed by atoms with Crippen LogP contribution in [0.1, 0.15) is 80.4 Å². The first-order chi connectivity index (χ1) is 34.6. The first-order valence-corrected chi connectivity index (χ1v) is 23.4. The molecule has 3 aromatic rings. The van der Waals surface area contributed by atoms with Crippen molar-refractivity contribution in [3.63, 3.8) is 0 Å². The number of unbranched alkanes of at least 4 members (excludes halogenated alkanes) is 3. The van der Waals surface area contributed by atoms with Crippen molar-refractivity contribution in [3.05, 3.63) is 95.2 Å². The van der Waals surface area contributed by atoms with E-state index in [2.05, 4.69) is 31.6 Å². The Hall–Kier alpha value is -7.60. The number of amides is 5. The van der Waals surface area contributed by atoms with Crippen LogP contribution in [-0.2, 0) is 45.3 Å². The van der Waals surface area contributed by atoms with E-state index in [1.807, 2.05) is 48.0 Å². The van der Waals surface area contributed by atoms with Gasteiger partial charge in [0.25, 0.3) is 5.91 Å². The van der Waals surface area contributed by atoms with E-state index >= 15 is 0 Å². The molecule has 0 fully saturated rings. The first kappa shape index (κ1) is 57.0. The van der Waals surface area contributed by atoms with Gasteiger partial charge < -0.3 is 65.7 Å². The first-order valence-electron chi connectivity index (χ1n) is 23.4. The molecule has 5 amide bonds. The molecule has 24 heteroatoms. The minimum atomic E-state index is -2.71. The number of carbonyl (C=O) groups excluding carboxylic acids is 4. The summed E-state index contributed by atoms with van der Waals surface area (Å²) in [6, 6.07) is 10.6. The highest BCUT2D eigenvalue weighted by atomic mass is 19.2. The van der Waals surface area contributed by atoms with Crippen LogP contribution in [0.2, 0.25) is 0 Å². The van der Waals surface area contributed by atoms with Crippen LogP contribution in [0.25, 0.3) is 18.2 Å². The van der Waals surface area contributed by atoms with E-state index in [0.717, 1.165) is 27.9 Å². The van der Waals surface area contributed by atoms with Crippen LogP contribution in [0.3, 0.4) is 0 Å². The molecule has 0 radical (unpaired) electrons. The van der Waals surface area contributed by atoms with Gasteiger partial charge in [0.15, 0.2) is 12.3 Å². The number of aromatic amines is 1. The Morgan fingerprint density at radius 1 is 0.708 bits per heavy atom. The van der Waals surface area contributed by atoms with Gasteiger partial charge in [-0.15, -0.1) is 0 Å². The van der Waals surface area contributed by atoms with Gasteiger partial charge in [0.1, 0.15) is 30.1 Å². The predicted molar refractivity (Wildman–Crippen MR) is 261 cm³/mol. The molecule has 0 saturated heterocycles. The van der Waals surface area contributed by atoms with Crippen molar-refractivity contribution in [1.82, 2.24) is 36.1 Å². The number of carbonyl (C=O) groups is 7. The zero-order chi connectivity index (χ0) is 52.3. The zero-order valence-corrected chi connectivity index (χ0v) is 39.9. The average molecular weight is 1010 g/mol. The molecule has 21 nitrogen and oxygen atoms in total. The maximum absolute atomic E-state index is 14.0. The van der Waals surface area contributed by atoms with Gasteiger partial charge in [0.2, 0.25) is 17.5 Å². The number of rotatable bonds is 34. The van der Waals surface area contributed by atoms with Gasteiger partial charge in [-0.3, -0.25) is 19.2 Å². The van der Waals surface area contributed by atoms with Crippen molar-refractivity contribution < 1.29 is 76.2 Å². The number of halogens is 2. The summed E-state index contributed by atoms with van der Waals surface area (Å²) < 4.78 is 47.3. The summed E-state index contributed by atoms with van der Waals surface area (Å²) in [4.78, 5) is 85.1. The molecule has 4 rings (SSSR count). The van der Waals surface area contributed by atoms with E-state index in [1.54, 1.807) is 48.7 Å². The highest BCUT2D eigenvalue weighted by molar-refractivity contribution is 6.36. The number of hydrogen-bond acceptors (Lipinski definition) is 10. The van der Waals surface area contributed by atoms with Crippen molar-refractivity contribution in [3.8, 4) is 5.75 Å². The molecule has 388 valence electrons. The second kappa shape index (κ2) is 30.9. The van der Waals surface area contributed by atoms with Gasteiger partial charge in [0, 0.05) is 75.3 Å². The zero-order valence-electron chi connectivity index (χ0n) is 39.9. The Kier molecular flexibility index (Phi) is 24.5. The number of carboxylic acids is 3. The molecule has 0 saturated carbocycles. The lowest BCUT2D eigenvalue weighted by atomic mass is 10.1. The highest BCUT2D eigenvalue weighted by Gasteiger charge is 2.42. The lowest BCUT2D eigenvalue weighted by Gasteiger charge is -2.18. The molecule has 9 N–H and O–H groups in total. The van der Waals surface area contributed by atoms with Crippen molar-refractivity contribution in [1.29, 1.82) is 0 Å². The fraction of sp³-hybridized carbons (Fsp3) is 0.417. The highest BCUT2D eigenvalue weighted by Crippen LogP contribution is 2.22. The van der Waals surface area contributed by atoms with Crippen molar-refractivity contribution in [2.75, 3.05) is 52.7 Å². The minimum Gasteiger partial charge on any atom is -0.484 e. The maximum atomic E-state index is 14.0. The van der Waals surface area contributed by atoms with Gasteiger partial charge >= 0.3 is 31.3 Å². The summed E-state index contributed by atoms with van der Waals surface area (Å²) in [5.74, 6) is -4.32. The number of nitrogens with one attached hydrogen (secondary N) is 6. The average Bonchev–Trinajstić information content (AvgIpc) is 4.11. The molecule has 3 heterocycles. The topological polar surface area (TPSA) is 292 Å². The van der Waals surface area contributed by atoms with Crippen LogP contribution >= 0.6 is 0 Å². The second-order valence-corrected chi connectivity index (χ2v) is 16.3. The Bertz CT molecular complexity index is 2410. The monoisotopic (exact) mass is 1010 g/mol. The van der Waals surface area contributed by atoms with Crippen molar-refractivity contribution >= 4 is 73.0 Å². The van der Waals surface area contributed by atoms with Gasteiger partial charge in [0.05, 0.1) is 19.8 Å². The Labute approximate surface area is 414 Å². The van der Waals surface area contributed by atoms with E-state index < -0.39 is 55.8 Å². The normalized spacial score (nSPS) is 13.5. The van der Waals surface area contributed by atoms with E-state index in [0.29, 0.717) is 68.0 Å². The fourth-order valence-electron chi connectivity index (χ4n) is 7.02. The van der Waals surface area contributed by atoms with Crippen molar-refractivity contribution in [2.24, 2.45) is 7.05 Å². The fourth-order valence-corrected chi connectivity index (χ4v) is 7.02. The number of aliphatic carboxylic acids is 3. The largest absolute Gasteiger partial charge is 0.935 e. The Morgan fingerprint density at radius 3 is 2.03 bits per heavy atom.